The van der Waals surface area contributed by atoms with Crippen LogP contribution in [0.25, 0.3) is 0 Å². The van der Waals surface area contributed by atoms with E-state index in [-0.39, 0.29) is 18.3 Å². The van der Waals surface area contributed by atoms with Crippen LogP contribution < -0.4 is 9.64 Å². The first-order valence-electron chi connectivity index (χ1n) is 11.1. The molecule has 1 amide bonds. The van der Waals surface area contributed by atoms with Gasteiger partial charge in [0, 0.05) is 50.4 Å². The van der Waals surface area contributed by atoms with E-state index in [2.05, 4.69) is 15.2 Å². The van der Waals surface area contributed by atoms with Crippen molar-refractivity contribution in [2.75, 3.05) is 44.2 Å². The van der Waals surface area contributed by atoms with Crippen molar-refractivity contribution < 1.29 is 18.6 Å². The molecule has 3 aromatic rings. The van der Waals surface area contributed by atoms with Gasteiger partial charge in [-0.2, -0.15) is 0 Å². The Labute approximate surface area is 191 Å². The number of piperazine rings is 1. The molecule has 3 heterocycles. The molecule has 2 aliphatic rings. The van der Waals surface area contributed by atoms with E-state index in [9.17, 15) is 9.18 Å². The van der Waals surface area contributed by atoms with E-state index < -0.39 is 6.10 Å². The van der Waals surface area contributed by atoms with Gasteiger partial charge in [-0.3, -0.25) is 9.69 Å². The van der Waals surface area contributed by atoms with Gasteiger partial charge in [0.25, 0.3) is 0 Å². The maximum absolute atomic E-state index is 14.6. The van der Waals surface area contributed by atoms with Crippen LogP contribution in [-0.2, 0) is 11.3 Å². The zero-order valence-corrected chi connectivity index (χ0v) is 18.5. The first-order valence-corrected chi connectivity index (χ1v) is 11.1. The highest BCUT2D eigenvalue weighted by atomic mass is 19.1. The van der Waals surface area contributed by atoms with Crippen molar-refractivity contribution in [1.82, 2.24) is 20.1 Å². The highest BCUT2D eigenvalue weighted by Gasteiger charge is 2.30. The lowest BCUT2D eigenvalue weighted by molar-refractivity contribution is -0.133. The van der Waals surface area contributed by atoms with Crippen LogP contribution in [0.5, 0.6) is 5.75 Å². The Hall–Kier alpha value is -3.46. The van der Waals surface area contributed by atoms with Crippen LogP contribution >= 0.6 is 0 Å². The van der Waals surface area contributed by atoms with Gasteiger partial charge in [0.1, 0.15) is 23.4 Å². The van der Waals surface area contributed by atoms with Gasteiger partial charge in [-0.15, -0.1) is 0 Å². The van der Waals surface area contributed by atoms with Gasteiger partial charge in [0.05, 0.1) is 6.54 Å². The summed E-state index contributed by atoms with van der Waals surface area (Å²) in [5.74, 6) is 1.21. The van der Waals surface area contributed by atoms with E-state index in [0.717, 1.165) is 22.8 Å². The summed E-state index contributed by atoms with van der Waals surface area (Å²) in [5.41, 5.74) is 2.23. The molecule has 33 heavy (non-hydrogen) atoms. The summed E-state index contributed by atoms with van der Waals surface area (Å²) in [6.45, 7) is 5.63. The van der Waals surface area contributed by atoms with Crippen molar-refractivity contribution >= 4 is 11.7 Å². The summed E-state index contributed by atoms with van der Waals surface area (Å²) in [4.78, 5) is 19.2. The first kappa shape index (κ1) is 21.4. The SMILES string of the molecule is Cc1nonc1N1CCN(C(=O)CN2Cc3ccccc3O[C@@H](c3ccccc3F)C2)CC1. The highest BCUT2D eigenvalue weighted by Crippen LogP contribution is 2.32. The number of anilines is 1. The summed E-state index contributed by atoms with van der Waals surface area (Å²) in [6, 6.07) is 14.4. The lowest BCUT2D eigenvalue weighted by Crippen LogP contribution is -2.51. The highest BCUT2D eigenvalue weighted by molar-refractivity contribution is 5.78. The van der Waals surface area contributed by atoms with Crippen molar-refractivity contribution in [2.24, 2.45) is 0 Å². The van der Waals surface area contributed by atoms with Crippen molar-refractivity contribution in [1.29, 1.82) is 0 Å². The third-order valence-electron chi connectivity index (χ3n) is 6.23. The van der Waals surface area contributed by atoms with Gasteiger partial charge in [0.2, 0.25) is 5.91 Å². The second kappa shape index (κ2) is 9.19. The Morgan fingerprint density at radius 2 is 1.82 bits per heavy atom. The zero-order chi connectivity index (χ0) is 22.8. The number of nitrogens with zero attached hydrogens (tertiary/aromatic N) is 5. The third-order valence-corrected chi connectivity index (χ3v) is 6.23. The molecule has 1 aromatic heterocycles. The Bertz CT molecular complexity index is 1130. The average Bonchev–Trinajstić information content (AvgIpc) is 3.17. The van der Waals surface area contributed by atoms with E-state index >= 15 is 0 Å². The van der Waals surface area contributed by atoms with Crippen molar-refractivity contribution in [3.63, 3.8) is 0 Å². The van der Waals surface area contributed by atoms with Gasteiger partial charge < -0.3 is 14.5 Å². The van der Waals surface area contributed by atoms with Crippen molar-refractivity contribution in [3.8, 4) is 5.75 Å². The van der Waals surface area contributed by atoms with E-state index in [1.54, 1.807) is 18.2 Å². The molecule has 9 heteroatoms. The molecular formula is C24H26FN5O3. The smallest absolute Gasteiger partial charge is 0.236 e. The number of aryl methyl sites for hydroxylation is 1. The molecule has 8 nitrogen and oxygen atoms in total. The first-order chi connectivity index (χ1) is 16.1. The number of para-hydroxylation sites is 1. The van der Waals surface area contributed by atoms with Crippen LogP contribution in [0.3, 0.4) is 0 Å². The minimum absolute atomic E-state index is 0.0521. The molecule has 1 atom stereocenters. The summed E-state index contributed by atoms with van der Waals surface area (Å²) in [5, 5.41) is 7.80. The minimum atomic E-state index is -0.498. The Balaban J connectivity index is 1.28. The van der Waals surface area contributed by atoms with Crippen LogP contribution in [0.15, 0.2) is 53.2 Å². The number of hydrogen-bond donors (Lipinski definition) is 0. The lowest BCUT2D eigenvalue weighted by Gasteiger charge is -2.35. The molecule has 0 N–H and O–H groups in total. The fourth-order valence-electron chi connectivity index (χ4n) is 4.47. The second-order valence-electron chi connectivity index (χ2n) is 8.45. The summed E-state index contributed by atoms with van der Waals surface area (Å²) in [7, 11) is 0. The number of fused-ring (bicyclic) bond motifs is 1. The topological polar surface area (TPSA) is 74.9 Å². The molecule has 172 valence electrons. The number of ether oxygens (including phenoxy) is 1. The number of carbonyl (C=O) groups excluding carboxylic acids is 1. The van der Waals surface area contributed by atoms with Gasteiger partial charge >= 0.3 is 0 Å². The summed E-state index contributed by atoms with van der Waals surface area (Å²) < 4.78 is 25.6. The van der Waals surface area contributed by atoms with Gasteiger partial charge in [-0.25, -0.2) is 9.02 Å². The molecule has 0 unspecified atom stereocenters. The van der Waals surface area contributed by atoms with E-state index in [4.69, 9.17) is 9.37 Å². The summed E-state index contributed by atoms with van der Waals surface area (Å²) in [6.07, 6.45) is -0.498. The van der Waals surface area contributed by atoms with E-state index in [0.29, 0.717) is 44.8 Å². The molecule has 2 aromatic carbocycles. The Kier molecular flexibility index (Phi) is 5.95. The second-order valence-corrected chi connectivity index (χ2v) is 8.45. The van der Waals surface area contributed by atoms with Crippen LogP contribution in [-0.4, -0.2) is 65.3 Å². The molecule has 2 aliphatic heterocycles. The van der Waals surface area contributed by atoms with Gasteiger partial charge in [0.15, 0.2) is 5.82 Å². The van der Waals surface area contributed by atoms with Crippen LogP contribution in [0, 0.1) is 12.7 Å². The van der Waals surface area contributed by atoms with E-state index in [1.165, 1.54) is 6.07 Å². The largest absolute Gasteiger partial charge is 0.484 e. The monoisotopic (exact) mass is 451 g/mol. The fourth-order valence-corrected chi connectivity index (χ4v) is 4.47. The molecule has 0 saturated carbocycles. The normalized spacial score (nSPS) is 19.0. The van der Waals surface area contributed by atoms with Crippen LogP contribution in [0.4, 0.5) is 10.2 Å². The molecule has 0 aliphatic carbocycles. The molecule has 1 saturated heterocycles. The predicted octanol–water partition coefficient (Wildman–Crippen LogP) is 2.80. The average molecular weight is 452 g/mol. The number of rotatable bonds is 4. The molecule has 1 fully saturated rings. The number of halogens is 1. The number of aromatic nitrogens is 2. The molecule has 0 spiro atoms. The molecule has 0 radical (unpaired) electrons. The maximum atomic E-state index is 14.6. The Morgan fingerprint density at radius 3 is 2.58 bits per heavy atom. The number of amides is 1. The van der Waals surface area contributed by atoms with Crippen LogP contribution in [0.1, 0.15) is 22.9 Å². The third kappa shape index (κ3) is 4.54. The molecule has 5 rings (SSSR count). The van der Waals surface area contributed by atoms with Gasteiger partial charge in [-0.1, -0.05) is 41.6 Å². The predicted molar refractivity (Wildman–Crippen MR) is 119 cm³/mol. The standard InChI is InChI=1S/C24H26FN5O3/c1-17-24(27-33-26-17)30-12-10-29(11-13-30)23(31)16-28-14-18-6-2-5-9-21(18)32-22(15-28)19-7-3-4-8-20(19)25/h2-9,22H,10-16H2,1H3/t22-/m1/s1. The zero-order valence-electron chi connectivity index (χ0n) is 18.5. The minimum Gasteiger partial charge on any atom is -0.484 e. The Morgan fingerprint density at radius 1 is 1.06 bits per heavy atom. The number of carbonyl (C=O) groups is 1. The number of benzene rings is 2. The molecule has 0 bridgehead atoms. The maximum Gasteiger partial charge on any atom is 0.236 e. The molecular weight excluding hydrogens is 425 g/mol. The quantitative estimate of drug-likeness (QED) is 0.604. The fraction of sp³-hybridized carbons (Fsp3) is 0.375. The van der Waals surface area contributed by atoms with E-state index in [1.807, 2.05) is 41.0 Å². The van der Waals surface area contributed by atoms with Crippen molar-refractivity contribution in [3.05, 3.63) is 71.2 Å². The van der Waals surface area contributed by atoms with Crippen LogP contribution in [0.2, 0.25) is 0 Å². The van der Waals surface area contributed by atoms with Crippen molar-refractivity contribution in [2.45, 2.75) is 19.6 Å². The van der Waals surface area contributed by atoms with Gasteiger partial charge in [-0.05, 0) is 24.2 Å². The number of hydrogen-bond acceptors (Lipinski definition) is 7. The summed E-state index contributed by atoms with van der Waals surface area (Å²) >= 11 is 0. The lowest BCUT2D eigenvalue weighted by atomic mass is 10.1.